The number of hydrogen-bond donors (Lipinski definition) is 2. The van der Waals surface area contributed by atoms with Crippen LogP contribution in [0, 0.1) is 23.2 Å². The predicted octanol–water partition coefficient (Wildman–Crippen LogP) is 7.34. The number of rotatable bonds is 4. The molecule has 176 valence electrons. The van der Waals surface area contributed by atoms with Crippen LogP contribution in [0.25, 0.3) is 0 Å². The summed E-state index contributed by atoms with van der Waals surface area (Å²) in [6.45, 7) is 12.8. The van der Waals surface area contributed by atoms with Crippen LogP contribution in [0.1, 0.15) is 99.3 Å². The average molecular weight is 449 g/mol. The van der Waals surface area contributed by atoms with Crippen molar-refractivity contribution in [1.29, 1.82) is 0 Å². The summed E-state index contributed by atoms with van der Waals surface area (Å²) < 4.78 is 0. The summed E-state index contributed by atoms with van der Waals surface area (Å²) in [5.41, 5.74) is 3.55. The Morgan fingerprint density at radius 1 is 1.23 bits per heavy atom. The van der Waals surface area contributed by atoms with Crippen molar-refractivity contribution in [3.05, 3.63) is 34.9 Å². The van der Waals surface area contributed by atoms with Gasteiger partial charge in [-0.2, -0.15) is 0 Å². The quantitative estimate of drug-likeness (QED) is 0.348. The third-order valence-corrected chi connectivity index (χ3v) is 9.52. The summed E-state index contributed by atoms with van der Waals surface area (Å²) in [4.78, 5) is -0.354. The van der Waals surface area contributed by atoms with E-state index in [4.69, 9.17) is 11.6 Å². The molecular weight excluding hydrogens is 404 g/mol. The van der Waals surface area contributed by atoms with Gasteiger partial charge in [0, 0.05) is 0 Å². The van der Waals surface area contributed by atoms with Crippen molar-refractivity contribution < 1.29 is 10.2 Å². The summed E-state index contributed by atoms with van der Waals surface area (Å²) in [7, 11) is 0. The molecule has 0 aromatic carbocycles. The van der Waals surface area contributed by atoms with Crippen molar-refractivity contribution in [3.63, 3.8) is 0 Å². The third kappa shape index (κ3) is 4.46. The van der Waals surface area contributed by atoms with E-state index in [0.717, 1.165) is 51.4 Å². The van der Waals surface area contributed by atoms with E-state index in [1.165, 1.54) is 23.1 Å². The predicted molar refractivity (Wildman–Crippen MR) is 132 cm³/mol. The van der Waals surface area contributed by atoms with Crippen molar-refractivity contribution in [3.8, 4) is 0 Å². The largest absolute Gasteiger partial charge is 0.393 e. The van der Waals surface area contributed by atoms with E-state index >= 15 is 0 Å². The van der Waals surface area contributed by atoms with E-state index in [2.05, 4.69) is 45.9 Å². The van der Waals surface area contributed by atoms with Crippen molar-refractivity contribution in [2.24, 2.45) is 23.2 Å². The molecule has 0 radical (unpaired) electrons. The molecule has 0 heterocycles. The van der Waals surface area contributed by atoms with Crippen molar-refractivity contribution in [1.82, 2.24) is 0 Å². The molecule has 0 aliphatic heterocycles. The molecule has 2 N–H and O–H groups in total. The highest BCUT2D eigenvalue weighted by atomic mass is 35.5. The van der Waals surface area contributed by atoms with Gasteiger partial charge in [0.2, 0.25) is 0 Å². The Bertz CT molecular complexity index is 744. The van der Waals surface area contributed by atoms with Crippen LogP contribution in [0.2, 0.25) is 0 Å². The fourth-order valence-electron chi connectivity index (χ4n) is 7.40. The van der Waals surface area contributed by atoms with Gasteiger partial charge >= 0.3 is 0 Å². The highest BCUT2D eigenvalue weighted by molar-refractivity contribution is 6.28. The molecule has 0 amide bonds. The van der Waals surface area contributed by atoms with Crippen LogP contribution in [0.15, 0.2) is 34.9 Å². The van der Waals surface area contributed by atoms with E-state index < -0.39 is 5.60 Å². The van der Waals surface area contributed by atoms with Crippen LogP contribution < -0.4 is 0 Å². The summed E-state index contributed by atoms with van der Waals surface area (Å²) in [6.07, 6.45) is 15.4. The number of alkyl halides is 1. The molecule has 0 bridgehead atoms. The van der Waals surface area contributed by atoms with Crippen LogP contribution in [0.4, 0.5) is 0 Å². The normalized spacial score (nSPS) is 40.7. The minimum Gasteiger partial charge on any atom is -0.393 e. The van der Waals surface area contributed by atoms with Crippen molar-refractivity contribution in [2.45, 2.75) is 116 Å². The lowest BCUT2D eigenvalue weighted by molar-refractivity contribution is -0.0661. The zero-order valence-electron chi connectivity index (χ0n) is 20.7. The van der Waals surface area contributed by atoms with Gasteiger partial charge in [-0.15, -0.1) is 11.6 Å². The van der Waals surface area contributed by atoms with Crippen LogP contribution in [-0.2, 0) is 0 Å². The second-order valence-electron chi connectivity index (χ2n) is 11.1. The maximum absolute atomic E-state index is 11.5. The molecule has 6 unspecified atom stereocenters. The number of hydrogen-bond acceptors (Lipinski definition) is 2. The Labute approximate surface area is 195 Å². The Hall–Kier alpha value is -0.570. The molecule has 0 aromatic rings. The topological polar surface area (TPSA) is 40.5 Å². The Morgan fingerprint density at radius 3 is 2.61 bits per heavy atom. The second kappa shape index (κ2) is 9.35. The monoisotopic (exact) mass is 448 g/mol. The molecule has 0 spiro atoms. The Kier molecular flexibility index (Phi) is 7.56. The number of halogens is 1. The summed E-state index contributed by atoms with van der Waals surface area (Å²) >= 11 is 7.27. The minimum atomic E-state index is -0.621. The van der Waals surface area contributed by atoms with E-state index in [9.17, 15) is 10.2 Å². The maximum atomic E-state index is 11.5. The number of allylic oxidation sites excluding steroid dienone is 5. The second-order valence-corrected chi connectivity index (χ2v) is 11.7. The molecule has 3 heteroatoms. The van der Waals surface area contributed by atoms with Crippen LogP contribution in [0.3, 0.4) is 0 Å². The number of aliphatic hydroxyl groups is 2. The molecule has 4 aliphatic carbocycles. The molecule has 31 heavy (non-hydrogen) atoms. The standard InChI is InChI=1S/C26H39ClO2.C2H6/c1-17(2)6-5-13-25(4,29)23-10-9-21-20-8-7-18-16-19(28)11-15-26(18,27)22(20)12-14-24(21,23)3;1-2/h6-7,12,19-21,23,28-29H,5,8-11,13-16H2,1-4H3;1-2H3/t19?,20?,21?,23?,24?,25-,26?;/m0./s1. The van der Waals surface area contributed by atoms with Crippen molar-refractivity contribution in [2.75, 3.05) is 0 Å². The van der Waals surface area contributed by atoms with Gasteiger partial charge in [-0.05, 0) is 113 Å². The SMILES string of the molecule is CC.CC(C)=CCC[C@](C)(O)C1CCC2C3CC=C4CC(O)CCC4(Cl)C3=CCC21C. The molecule has 4 aliphatic rings. The summed E-state index contributed by atoms with van der Waals surface area (Å²) in [5.74, 6) is 1.44. The first kappa shape index (κ1) is 25.1. The minimum absolute atomic E-state index is 0.148. The number of aliphatic hydroxyl groups excluding tert-OH is 1. The molecule has 2 saturated carbocycles. The Balaban J connectivity index is 0.00000132. The molecule has 0 saturated heterocycles. The molecule has 7 atom stereocenters. The zero-order chi connectivity index (χ0) is 23.0. The molecule has 4 rings (SSSR count). The van der Waals surface area contributed by atoms with Gasteiger partial charge in [0.1, 0.15) is 0 Å². The fourth-order valence-corrected chi connectivity index (χ4v) is 7.88. The van der Waals surface area contributed by atoms with Gasteiger partial charge < -0.3 is 10.2 Å². The zero-order valence-corrected chi connectivity index (χ0v) is 21.4. The highest BCUT2D eigenvalue weighted by Crippen LogP contribution is 2.65. The fraction of sp³-hybridized carbons (Fsp3) is 0.786. The first-order valence-electron chi connectivity index (χ1n) is 12.7. The van der Waals surface area contributed by atoms with Gasteiger partial charge in [-0.1, -0.05) is 44.6 Å². The van der Waals surface area contributed by atoms with E-state index in [0.29, 0.717) is 17.8 Å². The molecule has 2 fully saturated rings. The molecule has 2 nitrogen and oxygen atoms in total. The lowest BCUT2D eigenvalue weighted by Gasteiger charge is -2.53. The Morgan fingerprint density at radius 2 is 1.94 bits per heavy atom. The van der Waals surface area contributed by atoms with Crippen LogP contribution in [0.5, 0.6) is 0 Å². The van der Waals surface area contributed by atoms with E-state index in [1.54, 1.807) is 0 Å². The van der Waals surface area contributed by atoms with Gasteiger partial charge in [0.15, 0.2) is 0 Å². The van der Waals surface area contributed by atoms with Crippen LogP contribution >= 0.6 is 11.6 Å². The highest BCUT2D eigenvalue weighted by Gasteiger charge is 2.59. The van der Waals surface area contributed by atoms with E-state index in [-0.39, 0.29) is 16.4 Å². The van der Waals surface area contributed by atoms with Gasteiger partial charge in [-0.25, -0.2) is 0 Å². The molecule has 0 aromatic heterocycles. The lowest BCUT2D eigenvalue weighted by atomic mass is 9.54. The van der Waals surface area contributed by atoms with E-state index in [1.807, 2.05) is 13.8 Å². The maximum Gasteiger partial charge on any atom is 0.0869 e. The molecular formula is C28H45ClO2. The number of fused-ring (bicyclic) bond motifs is 5. The average Bonchev–Trinajstić information content (AvgIpc) is 3.08. The third-order valence-electron chi connectivity index (χ3n) is 8.87. The van der Waals surface area contributed by atoms with Gasteiger partial charge in [-0.3, -0.25) is 0 Å². The smallest absolute Gasteiger partial charge is 0.0869 e. The summed E-state index contributed by atoms with van der Waals surface area (Å²) in [6, 6.07) is 0. The van der Waals surface area contributed by atoms with Gasteiger partial charge in [0.05, 0.1) is 16.6 Å². The first-order valence-corrected chi connectivity index (χ1v) is 13.1. The summed E-state index contributed by atoms with van der Waals surface area (Å²) in [5, 5.41) is 21.6. The van der Waals surface area contributed by atoms with Crippen molar-refractivity contribution >= 4 is 11.6 Å². The van der Waals surface area contributed by atoms with Gasteiger partial charge in [0.25, 0.3) is 0 Å². The van der Waals surface area contributed by atoms with Crippen LogP contribution in [-0.4, -0.2) is 26.8 Å². The lowest BCUT2D eigenvalue weighted by Crippen LogP contribution is -2.50. The first-order chi connectivity index (χ1) is 14.6.